The first-order chi connectivity index (χ1) is 8.49. The fraction of sp³-hybridized carbons (Fsp3) is 0.462. The van der Waals surface area contributed by atoms with Crippen molar-refractivity contribution in [2.75, 3.05) is 37.8 Å². The van der Waals surface area contributed by atoms with E-state index < -0.39 is 6.10 Å². The molecule has 1 aromatic rings. The molecule has 98 valence electrons. The molecule has 1 aromatic carbocycles. The molecule has 0 aliphatic carbocycles. The molecule has 0 spiro atoms. The average molecular weight is 249 g/mol. The zero-order valence-corrected chi connectivity index (χ0v) is 11.0. The number of rotatable bonds is 3. The number of ether oxygens (including phenoxy) is 1. The minimum absolute atomic E-state index is 0.00544. The molecule has 2 rings (SSSR count). The number of nitrogens with zero attached hydrogens (tertiary/aromatic N) is 2. The number of benzene rings is 1. The maximum Gasteiger partial charge on any atom is 0.267 e. The number of hydrogen-bond acceptors (Lipinski definition) is 4. The van der Waals surface area contributed by atoms with Gasteiger partial charge >= 0.3 is 0 Å². The number of likely N-dealkylation sites (N-methyl/N-ethyl adjacent to an activating group) is 1. The van der Waals surface area contributed by atoms with E-state index in [0.717, 1.165) is 12.2 Å². The zero-order valence-electron chi connectivity index (χ0n) is 11.0. The topological polar surface area (TPSA) is 58.8 Å². The Kier molecular flexibility index (Phi) is 3.43. The number of fused-ring (bicyclic) bond motifs is 1. The standard InChI is InChI=1S/C13H19N3O2/c1-9-13(17)16(7-6-15(2)3)11-5-4-10(14)8-12(11)18-9/h4-5,8-9H,6-7,14H2,1-3H3. The molecule has 5 heteroatoms. The lowest BCUT2D eigenvalue weighted by atomic mass is 10.1. The Hall–Kier alpha value is -1.75. The largest absolute Gasteiger partial charge is 0.479 e. The normalized spacial score (nSPS) is 18.8. The molecular formula is C13H19N3O2. The summed E-state index contributed by atoms with van der Waals surface area (Å²) in [6.07, 6.45) is -0.457. The third-order valence-corrected chi connectivity index (χ3v) is 2.96. The van der Waals surface area contributed by atoms with Gasteiger partial charge in [-0.3, -0.25) is 4.79 Å². The summed E-state index contributed by atoms with van der Waals surface area (Å²) in [4.78, 5) is 15.9. The number of nitrogens with two attached hydrogens (primary N) is 1. The maximum atomic E-state index is 12.1. The first kappa shape index (κ1) is 12.7. The van der Waals surface area contributed by atoms with E-state index >= 15 is 0 Å². The van der Waals surface area contributed by atoms with Crippen LogP contribution >= 0.6 is 0 Å². The van der Waals surface area contributed by atoms with Crippen LogP contribution in [0.4, 0.5) is 11.4 Å². The van der Waals surface area contributed by atoms with Gasteiger partial charge in [0.2, 0.25) is 0 Å². The second kappa shape index (κ2) is 4.86. The first-order valence-electron chi connectivity index (χ1n) is 6.01. The molecule has 1 aliphatic rings. The van der Waals surface area contributed by atoms with E-state index in [1.54, 1.807) is 24.0 Å². The summed E-state index contributed by atoms with van der Waals surface area (Å²) in [5.41, 5.74) is 7.18. The van der Waals surface area contributed by atoms with E-state index in [-0.39, 0.29) is 5.91 Å². The summed E-state index contributed by atoms with van der Waals surface area (Å²) in [6.45, 7) is 3.22. The number of anilines is 2. The highest BCUT2D eigenvalue weighted by molar-refractivity contribution is 6.00. The van der Waals surface area contributed by atoms with Gasteiger partial charge in [-0.15, -0.1) is 0 Å². The van der Waals surface area contributed by atoms with Crippen LogP contribution in [0, 0.1) is 0 Å². The van der Waals surface area contributed by atoms with Gasteiger partial charge in [0.1, 0.15) is 5.75 Å². The van der Waals surface area contributed by atoms with Crippen molar-refractivity contribution in [1.82, 2.24) is 4.90 Å². The Balaban J connectivity index is 2.30. The van der Waals surface area contributed by atoms with Gasteiger partial charge in [0.25, 0.3) is 5.91 Å². The van der Waals surface area contributed by atoms with Crippen molar-refractivity contribution in [3.8, 4) is 5.75 Å². The molecular weight excluding hydrogens is 230 g/mol. The second-order valence-electron chi connectivity index (χ2n) is 4.78. The van der Waals surface area contributed by atoms with Crippen molar-refractivity contribution < 1.29 is 9.53 Å². The van der Waals surface area contributed by atoms with Gasteiger partial charge in [0, 0.05) is 24.8 Å². The average Bonchev–Trinajstić information content (AvgIpc) is 2.29. The molecule has 1 amide bonds. The van der Waals surface area contributed by atoms with E-state index in [9.17, 15) is 4.79 Å². The molecule has 1 unspecified atom stereocenters. The van der Waals surface area contributed by atoms with Crippen LogP contribution in [0.3, 0.4) is 0 Å². The van der Waals surface area contributed by atoms with Gasteiger partial charge in [-0.1, -0.05) is 0 Å². The van der Waals surface area contributed by atoms with Crippen molar-refractivity contribution >= 4 is 17.3 Å². The molecule has 2 N–H and O–H groups in total. The third kappa shape index (κ3) is 2.41. The minimum Gasteiger partial charge on any atom is -0.479 e. The van der Waals surface area contributed by atoms with Gasteiger partial charge < -0.3 is 20.3 Å². The predicted molar refractivity (Wildman–Crippen MR) is 71.9 cm³/mol. The molecule has 0 saturated carbocycles. The van der Waals surface area contributed by atoms with Crippen molar-refractivity contribution in [2.45, 2.75) is 13.0 Å². The molecule has 0 radical (unpaired) electrons. The number of hydrogen-bond donors (Lipinski definition) is 1. The van der Waals surface area contributed by atoms with Crippen molar-refractivity contribution in [3.05, 3.63) is 18.2 Å². The van der Waals surface area contributed by atoms with Crippen LogP contribution in [-0.4, -0.2) is 44.1 Å². The lowest BCUT2D eigenvalue weighted by Crippen LogP contribution is -2.46. The minimum atomic E-state index is -0.457. The highest BCUT2D eigenvalue weighted by atomic mass is 16.5. The van der Waals surface area contributed by atoms with Gasteiger partial charge in [0.05, 0.1) is 5.69 Å². The number of carbonyl (C=O) groups is 1. The highest BCUT2D eigenvalue weighted by Gasteiger charge is 2.31. The second-order valence-corrected chi connectivity index (χ2v) is 4.78. The van der Waals surface area contributed by atoms with Crippen molar-refractivity contribution in [1.29, 1.82) is 0 Å². The van der Waals surface area contributed by atoms with Gasteiger partial charge in [-0.2, -0.15) is 0 Å². The molecule has 1 heterocycles. The van der Waals surface area contributed by atoms with E-state index in [4.69, 9.17) is 10.5 Å². The number of carbonyl (C=O) groups excluding carboxylic acids is 1. The fourth-order valence-electron chi connectivity index (χ4n) is 1.96. The molecule has 0 fully saturated rings. The first-order valence-corrected chi connectivity index (χ1v) is 6.01. The number of amides is 1. The lowest BCUT2D eigenvalue weighted by Gasteiger charge is -2.33. The van der Waals surface area contributed by atoms with E-state index in [2.05, 4.69) is 0 Å². The monoisotopic (exact) mass is 249 g/mol. The fourth-order valence-corrected chi connectivity index (χ4v) is 1.96. The quantitative estimate of drug-likeness (QED) is 0.810. The van der Waals surface area contributed by atoms with Gasteiger partial charge in [0.15, 0.2) is 6.10 Å². The number of nitrogen functional groups attached to an aromatic ring is 1. The summed E-state index contributed by atoms with van der Waals surface area (Å²) < 4.78 is 5.58. The van der Waals surface area contributed by atoms with Gasteiger partial charge in [-0.05, 0) is 33.2 Å². The molecule has 1 atom stereocenters. The molecule has 0 aromatic heterocycles. The van der Waals surface area contributed by atoms with Crippen LogP contribution in [0.25, 0.3) is 0 Å². The van der Waals surface area contributed by atoms with Gasteiger partial charge in [-0.25, -0.2) is 0 Å². The van der Waals surface area contributed by atoms with Crippen molar-refractivity contribution in [3.63, 3.8) is 0 Å². The van der Waals surface area contributed by atoms with Crippen LogP contribution in [0.2, 0.25) is 0 Å². The van der Waals surface area contributed by atoms with Crippen LogP contribution in [0.5, 0.6) is 5.75 Å². The van der Waals surface area contributed by atoms with Crippen molar-refractivity contribution in [2.24, 2.45) is 0 Å². The van der Waals surface area contributed by atoms with Crippen LogP contribution in [0.15, 0.2) is 18.2 Å². The molecule has 0 saturated heterocycles. The highest BCUT2D eigenvalue weighted by Crippen LogP contribution is 2.35. The molecule has 1 aliphatic heterocycles. The van der Waals surface area contributed by atoms with E-state index in [1.165, 1.54) is 0 Å². The molecule has 5 nitrogen and oxygen atoms in total. The predicted octanol–water partition coefficient (Wildman–Crippen LogP) is 0.944. The Morgan fingerprint density at radius 2 is 2.17 bits per heavy atom. The Labute approximate surface area is 107 Å². The molecule has 0 bridgehead atoms. The Bertz CT molecular complexity index is 460. The zero-order chi connectivity index (χ0) is 13.3. The SMILES string of the molecule is CC1Oc2cc(N)ccc2N(CCN(C)C)C1=O. The molecule has 18 heavy (non-hydrogen) atoms. The summed E-state index contributed by atoms with van der Waals surface area (Å²) in [6, 6.07) is 5.39. The van der Waals surface area contributed by atoms with Crippen LogP contribution < -0.4 is 15.4 Å². The lowest BCUT2D eigenvalue weighted by molar-refractivity contribution is -0.125. The van der Waals surface area contributed by atoms with E-state index in [0.29, 0.717) is 18.0 Å². The van der Waals surface area contributed by atoms with Crippen LogP contribution in [-0.2, 0) is 4.79 Å². The Morgan fingerprint density at radius 3 is 2.83 bits per heavy atom. The maximum absolute atomic E-state index is 12.1. The summed E-state index contributed by atoms with van der Waals surface area (Å²) in [5.74, 6) is 0.676. The Morgan fingerprint density at radius 1 is 1.44 bits per heavy atom. The third-order valence-electron chi connectivity index (χ3n) is 2.96. The summed E-state index contributed by atoms with van der Waals surface area (Å²) in [5, 5.41) is 0. The van der Waals surface area contributed by atoms with E-state index in [1.807, 2.05) is 25.1 Å². The summed E-state index contributed by atoms with van der Waals surface area (Å²) in [7, 11) is 3.97. The summed E-state index contributed by atoms with van der Waals surface area (Å²) >= 11 is 0. The van der Waals surface area contributed by atoms with Crippen LogP contribution in [0.1, 0.15) is 6.92 Å². The smallest absolute Gasteiger partial charge is 0.267 e.